The second-order valence-electron chi connectivity index (χ2n) is 8.04. The minimum absolute atomic E-state index is 0.0282. The Morgan fingerprint density at radius 3 is 2.18 bits per heavy atom. The molecule has 0 unspecified atom stereocenters. The number of carbonyl (C=O) groups excluding carboxylic acids is 2. The molecule has 1 atom stereocenters. The van der Waals surface area contributed by atoms with Crippen molar-refractivity contribution in [1.82, 2.24) is 5.16 Å². The van der Waals surface area contributed by atoms with Gasteiger partial charge >= 0.3 is 11.9 Å². The second-order valence-corrected chi connectivity index (χ2v) is 9.73. The molecule has 1 fully saturated rings. The van der Waals surface area contributed by atoms with Crippen molar-refractivity contribution in [3.05, 3.63) is 36.1 Å². The summed E-state index contributed by atoms with van der Waals surface area (Å²) >= 11 is 0. The van der Waals surface area contributed by atoms with Crippen LogP contribution in [0.25, 0.3) is 0 Å². The summed E-state index contributed by atoms with van der Waals surface area (Å²) in [5.41, 5.74) is 0.569. The molecular formula is C22H29N3O7S. The van der Waals surface area contributed by atoms with Crippen molar-refractivity contribution in [2.45, 2.75) is 50.0 Å². The number of ether oxygens (including phenoxy) is 2. The summed E-state index contributed by atoms with van der Waals surface area (Å²) < 4.78 is 42.3. The Bertz CT molecular complexity index is 1040. The van der Waals surface area contributed by atoms with Crippen LogP contribution >= 0.6 is 0 Å². The Labute approximate surface area is 193 Å². The Morgan fingerprint density at radius 2 is 1.67 bits per heavy atom. The van der Waals surface area contributed by atoms with E-state index in [1.54, 1.807) is 19.1 Å². The number of aromatic nitrogens is 1. The molecule has 0 bridgehead atoms. The van der Waals surface area contributed by atoms with E-state index in [1.807, 2.05) is 0 Å². The van der Waals surface area contributed by atoms with Crippen molar-refractivity contribution in [2.24, 2.45) is 11.8 Å². The summed E-state index contributed by atoms with van der Waals surface area (Å²) in [5.74, 6) is -1.85. The lowest BCUT2D eigenvalue weighted by molar-refractivity contribution is -0.160. The highest BCUT2D eigenvalue weighted by Crippen LogP contribution is 2.33. The van der Waals surface area contributed by atoms with Gasteiger partial charge in [0.05, 0.1) is 25.2 Å². The number of esters is 2. The largest absolute Gasteiger partial charge is 0.468 e. The standard InChI is InChI=1S/C22H29N3O7S/c1-14-13-18(24-32-14)25-33(28,29)17-11-9-16(10-12-17)23-20(15-7-5-4-6-8-15)19(21(26)30-2)22(27)31-3/h9-13,15,19-20,23H,4-8H2,1-3H3,(H,24,25)/t20-/m1/s1. The number of nitrogens with one attached hydrogen (secondary N) is 2. The molecule has 1 saturated carbocycles. The van der Waals surface area contributed by atoms with Crippen molar-refractivity contribution in [3.8, 4) is 0 Å². The average molecular weight is 480 g/mol. The monoisotopic (exact) mass is 479 g/mol. The van der Waals surface area contributed by atoms with Gasteiger partial charge in [-0.2, -0.15) is 0 Å². The molecule has 11 heteroatoms. The maximum absolute atomic E-state index is 12.6. The minimum atomic E-state index is -3.87. The van der Waals surface area contributed by atoms with Crippen LogP contribution in [0.15, 0.2) is 39.8 Å². The van der Waals surface area contributed by atoms with Crippen LogP contribution in [-0.2, 0) is 29.1 Å². The fourth-order valence-electron chi connectivity index (χ4n) is 4.14. The SMILES string of the molecule is COC(=O)C(C(=O)OC)[C@H](Nc1ccc(S(=O)(=O)Nc2cc(C)on2)cc1)C1CCCCC1. The summed E-state index contributed by atoms with van der Waals surface area (Å²) in [7, 11) is -1.39. The molecule has 1 heterocycles. The molecule has 0 radical (unpaired) electrons. The third-order valence-electron chi connectivity index (χ3n) is 5.79. The van der Waals surface area contributed by atoms with Gasteiger partial charge < -0.3 is 19.3 Å². The number of hydrogen-bond acceptors (Lipinski definition) is 9. The molecule has 0 aliphatic heterocycles. The zero-order valence-corrected chi connectivity index (χ0v) is 19.7. The van der Waals surface area contributed by atoms with Gasteiger partial charge in [-0.15, -0.1) is 0 Å². The zero-order valence-electron chi connectivity index (χ0n) is 18.9. The number of aryl methyl sites for hydroxylation is 1. The van der Waals surface area contributed by atoms with Gasteiger partial charge in [0.2, 0.25) is 0 Å². The Hall–Kier alpha value is -3.08. The highest BCUT2D eigenvalue weighted by atomic mass is 32.2. The smallest absolute Gasteiger partial charge is 0.322 e. The fourth-order valence-corrected chi connectivity index (χ4v) is 5.13. The summed E-state index contributed by atoms with van der Waals surface area (Å²) in [4.78, 5) is 25.0. The van der Waals surface area contributed by atoms with E-state index in [1.165, 1.54) is 32.4 Å². The zero-order chi connectivity index (χ0) is 24.0. The van der Waals surface area contributed by atoms with Crippen LogP contribution in [0.3, 0.4) is 0 Å². The summed E-state index contributed by atoms with van der Waals surface area (Å²) in [6.07, 6.45) is 4.82. The van der Waals surface area contributed by atoms with Crippen LogP contribution < -0.4 is 10.0 Å². The van der Waals surface area contributed by atoms with Gasteiger partial charge in [0.1, 0.15) is 5.76 Å². The number of methoxy groups -OCH3 is 2. The van der Waals surface area contributed by atoms with Crippen LogP contribution in [0.2, 0.25) is 0 Å². The number of benzene rings is 1. The third-order valence-corrected chi connectivity index (χ3v) is 7.16. The Balaban J connectivity index is 1.83. The molecule has 1 aromatic carbocycles. The lowest BCUT2D eigenvalue weighted by Gasteiger charge is -2.34. The molecule has 180 valence electrons. The maximum atomic E-state index is 12.6. The molecule has 2 aromatic rings. The number of anilines is 2. The number of nitrogens with zero attached hydrogens (tertiary/aromatic N) is 1. The number of carbonyl (C=O) groups is 2. The molecule has 3 rings (SSSR count). The maximum Gasteiger partial charge on any atom is 0.322 e. The summed E-state index contributed by atoms with van der Waals surface area (Å²) in [5, 5.41) is 6.91. The van der Waals surface area contributed by atoms with Gasteiger partial charge in [-0.1, -0.05) is 24.4 Å². The predicted molar refractivity (Wildman–Crippen MR) is 120 cm³/mol. The predicted octanol–water partition coefficient (Wildman–Crippen LogP) is 3.11. The summed E-state index contributed by atoms with van der Waals surface area (Å²) in [6, 6.07) is 6.96. The quantitative estimate of drug-likeness (QED) is 0.410. The van der Waals surface area contributed by atoms with Crippen LogP contribution in [-0.4, -0.2) is 45.8 Å². The first kappa shape index (κ1) is 24.6. The van der Waals surface area contributed by atoms with Gasteiger partial charge in [-0.3, -0.25) is 14.3 Å². The fraction of sp³-hybridized carbons (Fsp3) is 0.500. The van der Waals surface area contributed by atoms with Crippen molar-refractivity contribution < 1.29 is 32.0 Å². The first-order valence-corrected chi connectivity index (χ1v) is 12.2. The number of hydrogen-bond donors (Lipinski definition) is 2. The molecule has 1 aliphatic carbocycles. The van der Waals surface area contributed by atoms with Crippen LogP contribution in [0.1, 0.15) is 37.9 Å². The van der Waals surface area contributed by atoms with E-state index in [4.69, 9.17) is 14.0 Å². The number of sulfonamides is 1. The highest BCUT2D eigenvalue weighted by Gasteiger charge is 2.41. The van der Waals surface area contributed by atoms with E-state index in [9.17, 15) is 18.0 Å². The van der Waals surface area contributed by atoms with Crippen molar-refractivity contribution in [3.63, 3.8) is 0 Å². The van der Waals surface area contributed by atoms with Crippen molar-refractivity contribution in [2.75, 3.05) is 24.3 Å². The van der Waals surface area contributed by atoms with Gasteiger partial charge in [-0.05, 0) is 49.9 Å². The Morgan fingerprint density at radius 1 is 1.06 bits per heavy atom. The van der Waals surface area contributed by atoms with Gasteiger partial charge in [0.15, 0.2) is 11.7 Å². The first-order valence-electron chi connectivity index (χ1n) is 10.7. The lowest BCUT2D eigenvalue weighted by Crippen LogP contribution is -2.46. The normalized spacial score (nSPS) is 15.6. The van der Waals surface area contributed by atoms with E-state index in [0.717, 1.165) is 32.1 Å². The summed E-state index contributed by atoms with van der Waals surface area (Å²) in [6.45, 7) is 1.66. The molecule has 1 aliphatic rings. The Kier molecular flexibility index (Phi) is 7.96. The molecule has 0 saturated heterocycles. The van der Waals surface area contributed by atoms with Gasteiger partial charge in [-0.25, -0.2) is 8.42 Å². The molecule has 10 nitrogen and oxygen atoms in total. The molecule has 1 aromatic heterocycles. The first-order chi connectivity index (χ1) is 15.7. The molecule has 2 N–H and O–H groups in total. The lowest BCUT2D eigenvalue weighted by atomic mass is 9.78. The van der Waals surface area contributed by atoms with E-state index in [-0.39, 0.29) is 16.6 Å². The molecule has 0 amide bonds. The van der Waals surface area contributed by atoms with Crippen molar-refractivity contribution in [1.29, 1.82) is 0 Å². The van der Waals surface area contributed by atoms with Gasteiger partial charge in [0, 0.05) is 11.8 Å². The molecule has 0 spiro atoms. The minimum Gasteiger partial charge on any atom is -0.468 e. The second kappa shape index (κ2) is 10.7. The van der Waals surface area contributed by atoms with E-state index >= 15 is 0 Å². The van der Waals surface area contributed by atoms with Crippen molar-refractivity contribution >= 4 is 33.5 Å². The molecular weight excluding hydrogens is 450 g/mol. The van der Waals surface area contributed by atoms with Crippen LogP contribution in [0.4, 0.5) is 11.5 Å². The molecule has 33 heavy (non-hydrogen) atoms. The van der Waals surface area contributed by atoms with E-state index in [0.29, 0.717) is 11.4 Å². The van der Waals surface area contributed by atoms with E-state index in [2.05, 4.69) is 15.2 Å². The van der Waals surface area contributed by atoms with Crippen LogP contribution in [0, 0.1) is 18.8 Å². The third kappa shape index (κ3) is 6.04. The van der Waals surface area contributed by atoms with E-state index < -0.39 is 33.9 Å². The average Bonchev–Trinajstić information content (AvgIpc) is 3.22. The topological polar surface area (TPSA) is 137 Å². The highest BCUT2D eigenvalue weighted by molar-refractivity contribution is 7.92. The van der Waals surface area contributed by atoms with Gasteiger partial charge in [0.25, 0.3) is 10.0 Å². The van der Waals surface area contributed by atoms with Crippen LogP contribution in [0.5, 0.6) is 0 Å². The number of rotatable bonds is 9.